The Labute approximate surface area is 105 Å². The summed E-state index contributed by atoms with van der Waals surface area (Å²) in [6.45, 7) is 4.10. The molecule has 4 nitrogen and oxygen atoms in total. The first-order valence-corrected chi connectivity index (χ1v) is 5.36. The normalized spacial score (nSPS) is 10.9. The molecule has 0 unspecified atom stereocenters. The van der Waals surface area contributed by atoms with E-state index in [4.69, 9.17) is 9.47 Å². The Morgan fingerprint density at radius 3 is 2.39 bits per heavy atom. The van der Waals surface area contributed by atoms with Crippen LogP contribution in [0.5, 0.6) is 5.75 Å². The minimum absolute atomic E-state index is 0.0451. The van der Waals surface area contributed by atoms with Gasteiger partial charge in [-0.3, -0.25) is 9.59 Å². The maximum Gasteiger partial charge on any atom is 0.303 e. The van der Waals surface area contributed by atoms with Gasteiger partial charge < -0.3 is 9.47 Å². The Bertz CT molecular complexity index is 480. The van der Waals surface area contributed by atoms with Gasteiger partial charge in [0.05, 0.1) is 12.7 Å². The van der Waals surface area contributed by atoms with Gasteiger partial charge in [-0.05, 0) is 26.0 Å². The largest absolute Gasteiger partial charge is 0.493 e. The summed E-state index contributed by atoms with van der Waals surface area (Å²) in [5.74, 6) is -1.89. The number of ketones is 1. The molecule has 0 atom stereocenters. The molecule has 0 saturated carbocycles. The van der Waals surface area contributed by atoms with Crippen LogP contribution >= 0.6 is 0 Å². The quantitative estimate of drug-likeness (QED) is 0.611. The molecule has 5 heteroatoms. The van der Waals surface area contributed by atoms with Gasteiger partial charge in [0.15, 0.2) is 17.2 Å². The molecule has 1 aromatic rings. The fraction of sp³-hybridized carbons (Fsp3) is 0.385. The van der Waals surface area contributed by atoms with E-state index in [0.29, 0.717) is 0 Å². The zero-order chi connectivity index (χ0) is 13.9. The van der Waals surface area contributed by atoms with Crippen molar-refractivity contribution in [1.29, 1.82) is 0 Å². The molecular formula is C13H15FO4. The lowest BCUT2D eigenvalue weighted by Gasteiger charge is -2.23. The van der Waals surface area contributed by atoms with E-state index in [1.54, 1.807) is 0 Å². The molecule has 0 spiro atoms. The van der Waals surface area contributed by atoms with Crippen molar-refractivity contribution in [2.24, 2.45) is 0 Å². The van der Waals surface area contributed by atoms with Crippen LogP contribution in [0.2, 0.25) is 0 Å². The van der Waals surface area contributed by atoms with Crippen molar-refractivity contribution in [2.75, 3.05) is 7.11 Å². The zero-order valence-electron chi connectivity index (χ0n) is 10.7. The third-order valence-electron chi connectivity index (χ3n) is 2.36. The maximum absolute atomic E-state index is 13.5. The summed E-state index contributed by atoms with van der Waals surface area (Å²) in [5.41, 5.74) is -1.32. The van der Waals surface area contributed by atoms with Crippen molar-refractivity contribution in [2.45, 2.75) is 26.4 Å². The lowest BCUT2D eigenvalue weighted by molar-refractivity contribution is -0.149. The summed E-state index contributed by atoms with van der Waals surface area (Å²) in [4.78, 5) is 23.1. The monoisotopic (exact) mass is 254 g/mol. The third kappa shape index (κ3) is 2.85. The van der Waals surface area contributed by atoms with Crippen molar-refractivity contribution in [1.82, 2.24) is 0 Å². The van der Waals surface area contributed by atoms with Crippen LogP contribution in [0.15, 0.2) is 18.2 Å². The highest BCUT2D eigenvalue weighted by Crippen LogP contribution is 2.27. The number of para-hydroxylation sites is 1. The Balaban J connectivity index is 3.18. The Kier molecular flexibility index (Phi) is 4.06. The zero-order valence-corrected chi connectivity index (χ0v) is 10.7. The molecule has 1 aromatic carbocycles. The van der Waals surface area contributed by atoms with Crippen LogP contribution in [0, 0.1) is 5.82 Å². The molecule has 0 bridgehead atoms. The number of carbonyl (C=O) groups excluding carboxylic acids is 2. The van der Waals surface area contributed by atoms with E-state index in [9.17, 15) is 14.0 Å². The second-order valence-corrected chi connectivity index (χ2v) is 4.25. The predicted octanol–water partition coefficient (Wildman–Crippen LogP) is 2.36. The molecule has 0 saturated heterocycles. The van der Waals surface area contributed by atoms with Crippen LogP contribution in [-0.4, -0.2) is 24.5 Å². The van der Waals surface area contributed by atoms with Gasteiger partial charge in [0, 0.05) is 6.92 Å². The lowest BCUT2D eigenvalue weighted by Crippen LogP contribution is -2.37. The number of halogens is 1. The molecule has 0 aliphatic rings. The van der Waals surface area contributed by atoms with Crippen LogP contribution in [0.1, 0.15) is 31.1 Å². The summed E-state index contributed by atoms with van der Waals surface area (Å²) in [7, 11) is 1.27. The van der Waals surface area contributed by atoms with Crippen LogP contribution in [0.25, 0.3) is 0 Å². The number of Topliss-reactive ketones (excluding diaryl/α,β-unsaturated/α-hetero) is 1. The van der Waals surface area contributed by atoms with E-state index < -0.39 is 23.2 Å². The van der Waals surface area contributed by atoms with E-state index in [0.717, 1.165) is 0 Å². The van der Waals surface area contributed by atoms with Gasteiger partial charge in [-0.25, -0.2) is 4.39 Å². The molecule has 98 valence electrons. The van der Waals surface area contributed by atoms with E-state index in [1.807, 2.05) is 0 Å². The van der Waals surface area contributed by atoms with E-state index in [1.165, 1.54) is 46.1 Å². The van der Waals surface area contributed by atoms with Gasteiger partial charge in [0.1, 0.15) is 0 Å². The number of methoxy groups -OCH3 is 1. The number of esters is 1. The van der Waals surface area contributed by atoms with Gasteiger partial charge in [0.2, 0.25) is 5.78 Å². The van der Waals surface area contributed by atoms with Crippen LogP contribution < -0.4 is 4.74 Å². The molecule has 0 heterocycles. The molecule has 0 aliphatic carbocycles. The summed E-state index contributed by atoms with van der Waals surface area (Å²) in [6, 6.07) is 4.01. The highest BCUT2D eigenvalue weighted by Gasteiger charge is 2.34. The highest BCUT2D eigenvalue weighted by molar-refractivity contribution is 6.05. The summed E-state index contributed by atoms with van der Waals surface area (Å²) >= 11 is 0. The van der Waals surface area contributed by atoms with Crippen molar-refractivity contribution in [3.05, 3.63) is 29.6 Å². The first kappa shape index (κ1) is 14.2. The Hall–Kier alpha value is -1.91. The molecule has 0 amide bonds. The number of hydrogen-bond acceptors (Lipinski definition) is 4. The second kappa shape index (κ2) is 5.16. The lowest BCUT2D eigenvalue weighted by atomic mass is 9.95. The van der Waals surface area contributed by atoms with Gasteiger partial charge in [0.25, 0.3) is 0 Å². The number of benzene rings is 1. The second-order valence-electron chi connectivity index (χ2n) is 4.25. The third-order valence-corrected chi connectivity index (χ3v) is 2.36. The van der Waals surface area contributed by atoms with Crippen LogP contribution in [0.4, 0.5) is 4.39 Å². The molecule has 0 radical (unpaired) electrons. The fourth-order valence-corrected chi connectivity index (χ4v) is 1.63. The molecule has 18 heavy (non-hydrogen) atoms. The van der Waals surface area contributed by atoms with E-state index in [-0.39, 0.29) is 11.3 Å². The fourth-order valence-electron chi connectivity index (χ4n) is 1.63. The summed E-state index contributed by atoms with van der Waals surface area (Å²) in [6.07, 6.45) is 0. The predicted molar refractivity (Wildman–Crippen MR) is 63.1 cm³/mol. The summed E-state index contributed by atoms with van der Waals surface area (Å²) < 4.78 is 23.3. The van der Waals surface area contributed by atoms with Crippen LogP contribution in [0.3, 0.4) is 0 Å². The minimum atomic E-state index is -1.37. The first-order valence-electron chi connectivity index (χ1n) is 5.36. The van der Waals surface area contributed by atoms with Crippen molar-refractivity contribution in [3.8, 4) is 5.75 Å². The minimum Gasteiger partial charge on any atom is -0.493 e. The number of rotatable bonds is 4. The Morgan fingerprint density at radius 2 is 1.89 bits per heavy atom. The Morgan fingerprint density at radius 1 is 1.28 bits per heavy atom. The van der Waals surface area contributed by atoms with Gasteiger partial charge in [-0.15, -0.1) is 0 Å². The number of ether oxygens (including phenoxy) is 2. The van der Waals surface area contributed by atoms with Crippen LogP contribution in [-0.2, 0) is 9.53 Å². The molecular weight excluding hydrogens is 239 g/mol. The van der Waals surface area contributed by atoms with Gasteiger partial charge >= 0.3 is 5.97 Å². The molecule has 0 fully saturated rings. The van der Waals surface area contributed by atoms with Crippen molar-refractivity contribution >= 4 is 11.8 Å². The SMILES string of the molecule is COc1c(F)cccc1C(=O)C(C)(C)OC(C)=O. The standard InChI is InChI=1S/C13H15FO4/c1-8(15)18-13(2,3)12(16)9-6-5-7-10(14)11(9)17-4/h5-7H,1-4H3. The van der Waals surface area contributed by atoms with E-state index >= 15 is 0 Å². The topological polar surface area (TPSA) is 52.6 Å². The average molecular weight is 254 g/mol. The molecule has 0 aliphatic heterocycles. The molecule has 0 N–H and O–H groups in total. The highest BCUT2D eigenvalue weighted by atomic mass is 19.1. The van der Waals surface area contributed by atoms with E-state index in [2.05, 4.69) is 0 Å². The number of hydrogen-bond donors (Lipinski definition) is 0. The average Bonchev–Trinajstić information content (AvgIpc) is 2.26. The number of carbonyl (C=O) groups is 2. The smallest absolute Gasteiger partial charge is 0.303 e. The van der Waals surface area contributed by atoms with Crippen molar-refractivity contribution < 1.29 is 23.5 Å². The van der Waals surface area contributed by atoms with Gasteiger partial charge in [-0.2, -0.15) is 0 Å². The maximum atomic E-state index is 13.5. The van der Waals surface area contributed by atoms with Gasteiger partial charge in [-0.1, -0.05) is 6.07 Å². The van der Waals surface area contributed by atoms with Crippen molar-refractivity contribution in [3.63, 3.8) is 0 Å². The first-order chi connectivity index (χ1) is 8.29. The molecule has 0 aromatic heterocycles. The molecule has 1 rings (SSSR count). The summed E-state index contributed by atoms with van der Waals surface area (Å²) in [5, 5.41) is 0.